The van der Waals surface area contributed by atoms with E-state index in [4.69, 9.17) is 0 Å². The van der Waals surface area contributed by atoms with Crippen molar-refractivity contribution in [2.75, 3.05) is 7.05 Å². The van der Waals surface area contributed by atoms with Gasteiger partial charge in [-0.15, -0.1) is 0 Å². The summed E-state index contributed by atoms with van der Waals surface area (Å²) in [6.07, 6.45) is 0.919. The van der Waals surface area contributed by atoms with E-state index in [2.05, 4.69) is 59.9 Å². The van der Waals surface area contributed by atoms with Gasteiger partial charge >= 0.3 is 0 Å². The number of carbonyl (C=O) groups excluding carboxylic acids is 1. The number of hydrogen-bond acceptors (Lipinski definition) is 2. The van der Waals surface area contributed by atoms with Gasteiger partial charge in [0.1, 0.15) is 0 Å². The molecule has 28 heavy (non-hydrogen) atoms. The molecule has 0 aliphatic carbocycles. The maximum atomic E-state index is 12.2. The van der Waals surface area contributed by atoms with Gasteiger partial charge in [-0.25, -0.2) is 0 Å². The van der Waals surface area contributed by atoms with Gasteiger partial charge in [0.2, 0.25) is 0 Å². The molecule has 2 aromatic carbocycles. The molecule has 0 saturated heterocycles. The third-order valence-corrected chi connectivity index (χ3v) is 4.83. The van der Waals surface area contributed by atoms with Crippen LogP contribution in [-0.2, 0) is 13.1 Å². The first-order chi connectivity index (χ1) is 13.4. The molecule has 1 amide bonds. The molecule has 150 valence electrons. The zero-order valence-corrected chi connectivity index (χ0v) is 17.6. The molecule has 0 bridgehead atoms. The van der Waals surface area contributed by atoms with Crippen LogP contribution in [0.3, 0.4) is 0 Å². The minimum atomic E-state index is -0.0280. The van der Waals surface area contributed by atoms with Crippen LogP contribution in [0, 0.1) is 13.8 Å². The van der Waals surface area contributed by atoms with Crippen molar-refractivity contribution >= 4 is 11.9 Å². The quantitative estimate of drug-likeness (QED) is 0.507. The predicted octanol–water partition coefficient (Wildman–Crippen LogP) is 3.70. The first kappa shape index (κ1) is 21.5. The molecule has 0 aromatic heterocycles. The third-order valence-electron chi connectivity index (χ3n) is 4.83. The van der Waals surface area contributed by atoms with Gasteiger partial charge in [0.15, 0.2) is 5.96 Å². The van der Waals surface area contributed by atoms with Crippen molar-refractivity contribution in [2.24, 2.45) is 4.99 Å². The van der Waals surface area contributed by atoms with E-state index in [-0.39, 0.29) is 11.9 Å². The molecule has 5 heteroatoms. The van der Waals surface area contributed by atoms with E-state index in [9.17, 15) is 4.79 Å². The highest BCUT2D eigenvalue weighted by Crippen LogP contribution is 2.10. The molecule has 0 aliphatic rings. The van der Waals surface area contributed by atoms with E-state index in [1.54, 1.807) is 7.05 Å². The summed E-state index contributed by atoms with van der Waals surface area (Å²) >= 11 is 0. The Balaban J connectivity index is 1.86. The lowest BCUT2D eigenvalue weighted by Crippen LogP contribution is -2.36. The second-order valence-electron chi connectivity index (χ2n) is 7.19. The van der Waals surface area contributed by atoms with E-state index in [1.165, 1.54) is 16.7 Å². The number of rotatable bonds is 7. The second kappa shape index (κ2) is 10.5. The molecule has 2 rings (SSSR count). The SMILES string of the molecule is CCC(C)NC(=O)c1ccc(CNC(=NC)NCc2ccc(C)cc2C)cc1. The fourth-order valence-corrected chi connectivity index (χ4v) is 2.81. The fourth-order valence-electron chi connectivity index (χ4n) is 2.81. The first-order valence-corrected chi connectivity index (χ1v) is 9.83. The molecule has 0 spiro atoms. The highest BCUT2D eigenvalue weighted by molar-refractivity contribution is 5.94. The number of nitrogens with one attached hydrogen (secondary N) is 3. The van der Waals surface area contributed by atoms with Crippen molar-refractivity contribution in [1.29, 1.82) is 0 Å². The molecule has 1 atom stereocenters. The predicted molar refractivity (Wildman–Crippen MR) is 117 cm³/mol. The van der Waals surface area contributed by atoms with Gasteiger partial charge in [0.25, 0.3) is 5.91 Å². The molecule has 5 nitrogen and oxygen atoms in total. The van der Waals surface area contributed by atoms with Crippen LogP contribution in [0.1, 0.15) is 52.9 Å². The van der Waals surface area contributed by atoms with Crippen molar-refractivity contribution in [3.8, 4) is 0 Å². The van der Waals surface area contributed by atoms with Crippen LogP contribution in [0.4, 0.5) is 0 Å². The molecule has 2 aromatic rings. The van der Waals surface area contributed by atoms with Gasteiger partial charge in [-0.1, -0.05) is 42.8 Å². The third kappa shape index (κ3) is 6.41. The number of carbonyl (C=O) groups is 1. The summed E-state index contributed by atoms with van der Waals surface area (Å²) in [5, 5.41) is 9.65. The standard InChI is InChI=1S/C23H32N4O/c1-6-18(4)27-22(28)20-11-8-19(9-12-20)14-25-23(24-5)26-15-21-10-7-16(2)13-17(21)3/h7-13,18H,6,14-15H2,1-5H3,(H,27,28)(H2,24,25,26). The van der Waals surface area contributed by atoms with Gasteiger partial charge in [-0.2, -0.15) is 0 Å². The summed E-state index contributed by atoms with van der Waals surface area (Å²) in [6, 6.07) is 14.3. The number of benzene rings is 2. The average molecular weight is 381 g/mol. The van der Waals surface area contributed by atoms with E-state index >= 15 is 0 Å². The Bertz CT molecular complexity index is 812. The highest BCUT2D eigenvalue weighted by Gasteiger charge is 2.08. The fraction of sp³-hybridized carbons (Fsp3) is 0.391. The summed E-state index contributed by atoms with van der Waals surface area (Å²) in [5.41, 5.74) is 5.57. The number of amides is 1. The zero-order valence-electron chi connectivity index (χ0n) is 17.6. The second-order valence-corrected chi connectivity index (χ2v) is 7.19. The topological polar surface area (TPSA) is 65.5 Å². The molecule has 0 aliphatic heterocycles. The number of aliphatic imine (C=N–C) groups is 1. The lowest BCUT2D eigenvalue weighted by molar-refractivity contribution is 0.0939. The summed E-state index contributed by atoms with van der Waals surface area (Å²) in [4.78, 5) is 16.4. The Morgan fingerprint density at radius 3 is 2.32 bits per heavy atom. The van der Waals surface area contributed by atoms with Crippen LogP contribution in [0.2, 0.25) is 0 Å². The normalized spacial score (nSPS) is 12.4. The molecule has 0 radical (unpaired) electrons. The lowest BCUT2D eigenvalue weighted by atomic mass is 10.1. The Hall–Kier alpha value is -2.82. The van der Waals surface area contributed by atoms with Gasteiger partial charge in [0.05, 0.1) is 0 Å². The van der Waals surface area contributed by atoms with Crippen molar-refractivity contribution in [1.82, 2.24) is 16.0 Å². The van der Waals surface area contributed by atoms with Crippen LogP contribution >= 0.6 is 0 Å². The van der Waals surface area contributed by atoms with Crippen LogP contribution in [0.5, 0.6) is 0 Å². The molecule has 0 heterocycles. The van der Waals surface area contributed by atoms with E-state index < -0.39 is 0 Å². The molecular weight excluding hydrogens is 348 g/mol. The number of nitrogens with zero attached hydrogens (tertiary/aromatic N) is 1. The van der Waals surface area contributed by atoms with Gasteiger partial charge < -0.3 is 16.0 Å². The van der Waals surface area contributed by atoms with Crippen molar-refractivity contribution in [3.63, 3.8) is 0 Å². The van der Waals surface area contributed by atoms with Crippen molar-refractivity contribution < 1.29 is 4.79 Å². The van der Waals surface area contributed by atoms with Crippen LogP contribution in [0.25, 0.3) is 0 Å². The molecule has 3 N–H and O–H groups in total. The largest absolute Gasteiger partial charge is 0.352 e. The number of guanidine groups is 1. The summed E-state index contributed by atoms with van der Waals surface area (Å²) in [7, 11) is 1.76. The minimum Gasteiger partial charge on any atom is -0.352 e. The Kier molecular flexibility index (Phi) is 8.05. The van der Waals surface area contributed by atoms with Gasteiger partial charge in [-0.3, -0.25) is 9.79 Å². The highest BCUT2D eigenvalue weighted by atomic mass is 16.1. The smallest absolute Gasteiger partial charge is 0.251 e. The van der Waals surface area contributed by atoms with Crippen LogP contribution in [-0.4, -0.2) is 25.0 Å². The molecule has 0 fully saturated rings. The number of hydrogen-bond donors (Lipinski definition) is 3. The minimum absolute atomic E-state index is 0.0280. The van der Waals surface area contributed by atoms with E-state index in [0.717, 1.165) is 24.5 Å². The van der Waals surface area contributed by atoms with Crippen LogP contribution < -0.4 is 16.0 Å². The van der Waals surface area contributed by atoms with E-state index in [1.807, 2.05) is 31.2 Å². The molecule has 1 unspecified atom stereocenters. The van der Waals surface area contributed by atoms with Crippen molar-refractivity contribution in [2.45, 2.75) is 53.2 Å². The van der Waals surface area contributed by atoms with Crippen LogP contribution in [0.15, 0.2) is 47.5 Å². The maximum absolute atomic E-state index is 12.2. The first-order valence-electron chi connectivity index (χ1n) is 9.83. The summed E-state index contributed by atoms with van der Waals surface area (Å²) in [5.74, 6) is 0.721. The Morgan fingerprint density at radius 2 is 1.71 bits per heavy atom. The Morgan fingerprint density at radius 1 is 1.04 bits per heavy atom. The summed E-state index contributed by atoms with van der Waals surface area (Å²) < 4.78 is 0. The average Bonchev–Trinajstić information content (AvgIpc) is 2.69. The van der Waals surface area contributed by atoms with E-state index in [0.29, 0.717) is 12.1 Å². The van der Waals surface area contributed by atoms with Gasteiger partial charge in [0, 0.05) is 31.7 Å². The molecular formula is C23H32N4O. The summed E-state index contributed by atoms with van der Waals surface area (Å²) in [6.45, 7) is 9.65. The Labute approximate surface area is 168 Å². The number of aryl methyl sites for hydroxylation is 2. The lowest BCUT2D eigenvalue weighted by Gasteiger charge is -2.14. The zero-order chi connectivity index (χ0) is 20.5. The maximum Gasteiger partial charge on any atom is 0.251 e. The van der Waals surface area contributed by atoms with Gasteiger partial charge in [-0.05, 0) is 56.0 Å². The monoisotopic (exact) mass is 380 g/mol. The van der Waals surface area contributed by atoms with Crippen molar-refractivity contribution in [3.05, 3.63) is 70.3 Å². The molecule has 0 saturated carbocycles.